The predicted octanol–water partition coefficient (Wildman–Crippen LogP) is 5.04. The molecule has 20 heavy (non-hydrogen) atoms. The summed E-state index contributed by atoms with van der Waals surface area (Å²) in [5.74, 6) is 0. The minimum atomic E-state index is 0.545. The molecular formula is C18H20BrN. The van der Waals surface area contributed by atoms with Gasteiger partial charge >= 0.3 is 0 Å². The van der Waals surface area contributed by atoms with Crippen molar-refractivity contribution in [2.75, 3.05) is 5.32 Å². The van der Waals surface area contributed by atoms with Gasteiger partial charge in [-0.3, -0.25) is 0 Å². The van der Waals surface area contributed by atoms with Crippen LogP contribution in [0.25, 0.3) is 0 Å². The fourth-order valence-electron chi connectivity index (χ4n) is 3.16. The first kappa shape index (κ1) is 13.7. The fraction of sp³-hybridized carbons (Fsp3) is 0.333. The van der Waals surface area contributed by atoms with Crippen LogP contribution in [-0.4, -0.2) is 6.04 Å². The van der Waals surface area contributed by atoms with Crippen molar-refractivity contribution in [1.82, 2.24) is 0 Å². The van der Waals surface area contributed by atoms with Crippen molar-refractivity contribution in [2.45, 2.75) is 39.2 Å². The number of hydrogen-bond donors (Lipinski definition) is 1. The molecule has 1 aliphatic carbocycles. The highest BCUT2D eigenvalue weighted by Gasteiger charge is 2.19. The topological polar surface area (TPSA) is 12.0 Å². The SMILES string of the molecule is Cc1cc(Br)cc(C)c1NC1CCc2ccccc2C1. The fourth-order valence-corrected chi connectivity index (χ4v) is 3.85. The van der Waals surface area contributed by atoms with Crippen LogP contribution in [0.4, 0.5) is 5.69 Å². The number of anilines is 1. The summed E-state index contributed by atoms with van der Waals surface area (Å²) in [6.07, 6.45) is 3.53. The first-order valence-corrected chi connectivity index (χ1v) is 8.03. The maximum atomic E-state index is 3.76. The van der Waals surface area contributed by atoms with E-state index in [1.54, 1.807) is 0 Å². The summed E-state index contributed by atoms with van der Waals surface area (Å²) in [5, 5.41) is 3.76. The third-order valence-corrected chi connectivity index (χ3v) is 4.65. The Morgan fingerprint density at radius 1 is 1.05 bits per heavy atom. The summed E-state index contributed by atoms with van der Waals surface area (Å²) < 4.78 is 1.16. The third-order valence-electron chi connectivity index (χ3n) is 4.19. The highest BCUT2D eigenvalue weighted by Crippen LogP contribution is 2.29. The molecular weight excluding hydrogens is 310 g/mol. The summed E-state index contributed by atoms with van der Waals surface area (Å²) in [4.78, 5) is 0. The zero-order chi connectivity index (χ0) is 14.1. The molecule has 1 unspecified atom stereocenters. The Hall–Kier alpha value is -1.28. The van der Waals surface area contributed by atoms with Crippen molar-refractivity contribution in [1.29, 1.82) is 0 Å². The first-order valence-electron chi connectivity index (χ1n) is 7.23. The summed E-state index contributed by atoms with van der Waals surface area (Å²) in [6, 6.07) is 13.8. The van der Waals surface area contributed by atoms with E-state index in [0.717, 1.165) is 10.9 Å². The van der Waals surface area contributed by atoms with Crippen LogP contribution in [0, 0.1) is 13.8 Å². The Bertz CT molecular complexity index is 610. The molecule has 0 fully saturated rings. The molecule has 3 rings (SSSR count). The van der Waals surface area contributed by atoms with Gasteiger partial charge in [0.1, 0.15) is 0 Å². The zero-order valence-corrected chi connectivity index (χ0v) is 13.6. The molecule has 0 amide bonds. The van der Waals surface area contributed by atoms with Crippen LogP contribution in [0.2, 0.25) is 0 Å². The maximum Gasteiger partial charge on any atom is 0.0402 e. The Morgan fingerprint density at radius 3 is 2.40 bits per heavy atom. The number of hydrogen-bond acceptors (Lipinski definition) is 1. The lowest BCUT2D eigenvalue weighted by atomic mass is 9.88. The van der Waals surface area contributed by atoms with Gasteiger partial charge in [0.25, 0.3) is 0 Å². The van der Waals surface area contributed by atoms with Gasteiger partial charge in [-0.15, -0.1) is 0 Å². The van der Waals surface area contributed by atoms with Gasteiger partial charge in [-0.05, 0) is 67.5 Å². The third kappa shape index (κ3) is 2.76. The maximum absolute atomic E-state index is 3.76. The summed E-state index contributed by atoms with van der Waals surface area (Å²) in [6.45, 7) is 4.35. The lowest BCUT2D eigenvalue weighted by Crippen LogP contribution is -2.28. The monoisotopic (exact) mass is 329 g/mol. The minimum Gasteiger partial charge on any atom is -0.382 e. The molecule has 0 bridgehead atoms. The van der Waals surface area contributed by atoms with E-state index in [1.165, 1.54) is 40.8 Å². The van der Waals surface area contributed by atoms with E-state index >= 15 is 0 Å². The van der Waals surface area contributed by atoms with Crippen molar-refractivity contribution >= 4 is 21.6 Å². The van der Waals surface area contributed by atoms with Gasteiger partial charge in [-0.2, -0.15) is 0 Å². The van der Waals surface area contributed by atoms with E-state index < -0.39 is 0 Å². The normalized spacial score (nSPS) is 17.6. The van der Waals surface area contributed by atoms with Gasteiger partial charge in [-0.1, -0.05) is 40.2 Å². The van der Waals surface area contributed by atoms with Crippen LogP contribution >= 0.6 is 15.9 Å². The van der Waals surface area contributed by atoms with Crippen molar-refractivity contribution in [3.8, 4) is 0 Å². The molecule has 0 aliphatic heterocycles. The predicted molar refractivity (Wildman–Crippen MR) is 89.5 cm³/mol. The second-order valence-electron chi connectivity index (χ2n) is 5.77. The number of fused-ring (bicyclic) bond motifs is 1. The van der Waals surface area contributed by atoms with E-state index in [4.69, 9.17) is 0 Å². The molecule has 0 spiro atoms. The van der Waals surface area contributed by atoms with E-state index in [1.807, 2.05) is 0 Å². The van der Waals surface area contributed by atoms with E-state index in [2.05, 4.69) is 71.5 Å². The average molecular weight is 330 g/mol. The van der Waals surface area contributed by atoms with Crippen LogP contribution < -0.4 is 5.32 Å². The van der Waals surface area contributed by atoms with E-state index in [0.29, 0.717) is 6.04 Å². The number of halogens is 1. The van der Waals surface area contributed by atoms with E-state index in [-0.39, 0.29) is 0 Å². The van der Waals surface area contributed by atoms with Crippen molar-refractivity contribution in [3.05, 3.63) is 63.1 Å². The largest absolute Gasteiger partial charge is 0.382 e. The zero-order valence-electron chi connectivity index (χ0n) is 12.0. The molecule has 1 aliphatic rings. The highest BCUT2D eigenvalue weighted by molar-refractivity contribution is 9.10. The Labute approximate surface area is 129 Å². The lowest BCUT2D eigenvalue weighted by Gasteiger charge is -2.28. The Balaban J connectivity index is 1.80. The van der Waals surface area contributed by atoms with Gasteiger partial charge in [0.2, 0.25) is 0 Å². The molecule has 2 heteroatoms. The van der Waals surface area contributed by atoms with Gasteiger partial charge < -0.3 is 5.32 Å². The van der Waals surface area contributed by atoms with Gasteiger partial charge in [-0.25, -0.2) is 0 Å². The molecule has 2 aromatic carbocycles. The molecule has 0 radical (unpaired) electrons. The molecule has 104 valence electrons. The van der Waals surface area contributed by atoms with Crippen LogP contribution in [0.15, 0.2) is 40.9 Å². The molecule has 1 nitrogen and oxygen atoms in total. The molecule has 0 saturated carbocycles. The van der Waals surface area contributed by atoms with Gasteiger partial charge in [0.15, 0.2) is 0 Å². The van der Waals surface area contributed by atoms with Gasteiger partial charge in [0, 0.05) is 16.2 Å². The van der Waals surface area contributed by atoms with Crippen LogP contribution in [0.3, 0.4) is 0 Å². The molecule has 0 aromatic heterocycles. The molecule has 1 atom stereocenters. The molecule has 2 aromatic rings. The summed E-state index contributed by atoms with van der Waals surface area (Å²) in [5.41, 5.74) is 6.96. The molecule has 1 N–H and O–H groups in total. The number of rotatable bonds is 2. The Morgan fingerprint density at radius 2 is 1.70 bits per heavy atom. The standard InChI is InChI=1S/C18H20BrN/c1-12-9-16(19)10-13(2)18(12)20-17-8-7-14-5-3-4-6-15(14)11-17/h3-6,9-10,17,20H,7-8,11H2,1-2H3. The smallest absolute Gasteiger partial charge is 0.0402 e. The number of aryl methyl sites for hydroxylation is 3. The number of nitrogens with one attached hydrogen (secondary N) is 1. The highest BCUT2D eigenvalue weighted by atomic mass is 79.9. The van der Waals surface area contributed by atoms with Gasteiger partial charge in [0.05, 0.1) is 0 Å². The lowest BCUT2D eigenvalue weighted by molar-refractivity contribution is 0.610. The minimum absolute atomic E-state index is 0.545. The second kappa shape index (κ2) is 5.61. The van der Waals surface area contributed by atoms with Crippen LogP contribution in [-0.2, 0) is 12.8 Å². The number of benzene rings is 2. The Kier molecular flexibility index (Phi) is 3.84. The van der Waals surface area contributed by atoms with Crippen LogP contribution in [0.1, 0.15) is 28.7 Å². The summed E-state index contributed by atoms with van der Waals surface area (Å²) >= 11 is 3.57. The first-order chi connectivity index (χ1) is 9.63. The average Bonchev–Trinajstić information content (AvgIpc) is 2.42. The van der Waals surface area contributed by atoms with Crippen molar-refractivity contribution < 1.29 is 0 Å². The summed E-state index contributed by atoms with van der Waals surface area (Å²) in [7, 11) is 0. The quantitative estimate of drug-likeness (QED) is 0.814. The van der Waals surface area contributed by atoms with E-state index in [9.17, 15) is 0 Å². The van der Waals surface area contributed by atoms with Crippen molar-refractivity contribution in [3.63, 3.8) is 0 Å². The second-order valence-corrected chi connectivity index (χ2v) is 6.68. The van der Waals surface area contributed by atoms with Crippen molar-refractivity contribution in [2.24, 2.45) is 0 Å². The van der Waals surface area contributed by atoms with Crippen LogP contribution in [0.5, 0.6) is 0 Å². The molecule has 0 saturated heterocycles. The molecule has 0 heterocycles.